The van der Waals surface area contributed by atoms with E-state index in [4.69, 9.17) is 21.1 Å². The molecule has 1 amide bonds. The van der Waals surface area contributed by atoms with Crippen molar-refractivity contribution in [1.82, 2.24) is 5.32 Å². The molecule has 0 aromatic heterocycles. The molecule has 134 valence electrons. The van der Waals surface area contributed by atoms with Crippen LogP contribution in [0, 0.1) is 0 Å². The van der Waals surface area contributed by atoms with Gasteiger partial charge in [0.1, 0.15) is 6.54 Å². The molecule has 0 fully saturated rings. The minimum atomic E-state index is -0.214. The van der Waals surface area contributed by atoms with E-state index in [1.54, 1.807) is 0 Å². The Kier molecular flexibility index (Phi) is 6.35. The number of nitrogens with one attached hydrogen (secondary N) is 2. The number of carbonyl (C=O) groups excluding carboxylic acids is 1. The summed E-state index contributed by atoms with van der Waals surface area (Å²) in [4.78, 5) is 13.3. The van der Waals surface area contributed by atoms with Gasteiger partial charge in [-0.25, -0.2) is 0 Å². The first kappa shape index (κ1) is 18.9. The highest BCUT2D eigenvalue weighted by molar-refractivity contribution is 6.32. The molecule has 1 aliphatic heterocycles. The summed E-state index contributed by atoms with van der Waals surface area (Å²) >= 11 is 6.35. The van der Waals surface area contributed by atoms with Gasteiger partial charge in [0.15, 0.2) is 18.0 Å². The van der Waals surface area contributed by atoms with Crippen LogP contribution in [0.25, 0.3) is 0 Å². The lowest BCUT2D eigenvalue weighted by atomic mass is 10.1. The molecule has 1 aromatic rings. The van der Waals surface area contributed by atoms with Crippen LogP contribution in [0.2, 0.25) is 5.02 Å². The molecule has 1 unspecified atom stereocenters. The number of hydrogen-bond donors (Lipinski definition) is 2. The Labute approximate surface area is 149 Å². The Morgan fingerprint density at radius 2 is 2.00 bits per heavy atom. The van der Waals surface area contributed by atoms with E-state index in [1.807, 2.05) is 32.9 Å². The number of carbonyl (C=O) groups is 1. The SMILES string of the molecule is CC[NH+](CC(=O)NC(C)(C)C)Cc1cc(Cl)c2c(c1)OCCCO2. The molecule has 2 rings (SSSR count). The third-order valence-electron chi connectivity index (χ3n) is 3.74. The Balaban J connectivity index is 2.06. The highest BCUT2D eigenvalue weighted by atomic mass is 35.5. The van der Waals surface area contributed by atoms with Gasteiger partial charge in [-0.3, -0.25) is 4.79 Å². The first-order valence-electron chi connectivity index (χ1n) is 8.51. The summed E-state index contributed by atoms with van der Waals surface area (Å²) in [5, 5.41) is 3.58. The predicted molar refractivity (Wildman–Crippen MR) is 95.0 cm³/mol. The Morgan fingerprint density at radius 1 is 1.29 bits per heavy atom. The number of rotatable bonds is 5. The number of halogens is 1. The molecule has 6 heteroatoms. The van der Waals surface area contributed by atoms with Gasteiger partial charge in [-0.15, -0.1) is 0 Å². The van der Waals surface area contributed by atoms with Gasteiger partial charge in [0.05, 0.1) is 24.8 Å². The van der Waals surface area contributed by atoms with E-state index in [2.05, 4.69) is 12.2 Å². The predicted octanol–water partition coefficient (Wildman–Crippen LogP) is 1.82. The maximum absolute atomic E-state index is 12.2. The molecule has 0 bridgehead atoms. The number of ether oxygens (including phenoxy) is 2. The van der Waals surface area contributed by atoms with E-state index in [0.717, 1.165) is 18.5 Å². The monoisotopic (exact) mass is 355 g/mol. The zero-order valence-electron chi connectivity index (χ0n) is 15.0. The van der Waals surface area contributed by atoms with Crippen molar-refractivity contribution in [2.45, 2.75) is 46.2 Å². The molecule has 0 radical (unpaired) electrons. The van der Waals surface area contributed by atoms with E-state index in [1.165, 1.54) is 4.90 Å². The van der Waals surface area contributed by atoms with Crippen LogP contribution in [-0.4, -0.2) is 37.7 Å². The van der Waals surface area contributed by atoms with E-state index in [9.17, 15) is 4.79 Å². The molecule has 1 atom stereocenters. The molecule has 5 nitrogen and oxygen atoms in total. The Hall–Kier alpha value is -1.46. The van der Waals surface area contributed by atoms with Gasteiger partial charge in [-0.2, -0.15) is 0 Å². The number of benzene rings is 1. The highest BCUT2D eigenvalue weighted by Crippen LogP contribution is 2.37. The third-order valence-corrected chi connectivity index (χ3v) is 4.02. The first-order valence-corrected chi connectivity index (χ1v) is 8.89. The van der Waals surface area contributed by atoms with Crippen LogP contribution < -0.4 is 19.7 Å². The van der Waals surface area contributed by atoms with E-state index < -0.39 is 0 Å². The van der Waals surface area contributed by atoms with Gasteiger partial charge in [-0.1, -0.05) is 11.6 Å². The van der Waals surface area contributed by atoms with Crippen molar-refractivity contribution in [3.05, 3.63) is 22.7 Å². The summed E-state index contributed by atoms with van der Waals surface area (Å²) in [5.41, 5.74) is 0.832. The van der Waals surface area contributed by atoms with Crippen molar-refractivity contribution >= 4 is 17.5 Å². The second-order valence-electron chi connectivity index (χ2n) is 7.21. The summed E-state index contributed by atoms with van der Waals surface area (Å²) in [5.74, 6) is 1.38. The highest BCUT2D eigenvalue weighted by Gasteiger charge is 2.21. The van der Waals surface area contributed by atoms with Crippen LogP contribution in [-0.2, 0) is 11.3 Å². The fraction of sp³-hybridized carbons (Fsp3) is 0.611. The summed E-state index contributed by atoms with van der Waals surface area (Å²) in [7, 11) is 0. The van der Waals surface area contributed by atoms with Crippen molar-refractivity contribution in [1.29, 1.82) is 0 Å². The van der Waals surface area contributed by atoms with Crippen molar-refractivity contribution in [2.24, 2.45) is 0 Å². The van der Waals surface area contributed by atoms with Crippen LogP contribution in [0.1, 0.15) is 39.7 Å². The smallest absolute Gasteiger partial charge is 0.275 e. The van der Waals surface area contributed by atoms with Crippen LogP contribution in [0.4, 0.5) is 0 Å². The van der Waals surface area contributed by atoms with Crippen molar-refractivity contribution in [3.63, 3.8) is 0 Å². The van der Waals surface area contributed by atoms with Gasteiger partial charge >= 0.3 is 0 Å². The van der Waals surface area contributed by atoms with Crippen LogP contribution in [0.15, 0.2) is 12.1 Å². The lowest BCUT2D eigenvalue weighted by Gasteiger charge is -2.23. The van der Waals surface area contributed by atoms with Crippen molar-refractivity contribution < 1.29 is 19.2 Å². The van der Waals surface area contributed by atoms with Gasteiger partial charge in [0, 0.05) is 17.5 Å². The van der Waals surface area contributed by atoms with Crippen LogP contribution >= 0.6 is 11.6 Å². The summed E-state index contributed by atoms with van der Waals surface area (Å²) in [6.07, 6.45) is 0.847. The fourth-order valence-corrected chi connectivity index (χ4v) is 2.96. The molecular weight excluding hydrogens is 328 g/mol. The summed E-state index contributed by atoms with van der Waals surface area (Å²) < 4.78 is 11.4. The minimum absolute atomic E-state index is 0.0554. The lowest BCUT2D eigenvalue weighted by Crippen LogP contribution is -3.11. The topological polar surface area (TPSA) is 52.0 Å². The van der Waals surface area contributed by atoms with E-state index >= 15 is 0 Å². The molecular formula is C18H28ClN2O3+. The van der Waals surface area contributed by atoms with Gasteiger partial charge < -0.3 is 19.7 Å². The number of fused-ring (bicyclic) bond motifs is 1. The maximum atomic E-state index is 12.2. The summed E-state index contributed by atoms with van der Waals surface area (Å²) in [6.45, 7) is 11.3. The molecule has 0 aliphatic carbocycles. The number of hydrogen-bond acceptors (Lipinski definition) is 3. The molecule has 2 N–H and O–H groups in total. The quantitative estimate of drug-likeness (QED) is 0.847. The molecule has 24 heavy (non-hydrogen) atoms. The molecule has 1 aromatic carbocycles. The van der Waals surface area contributed by atoms with E-state index in [0.29, 0.717) is 42.8 Å². The number of amides is 1. The Bertz CT molecular complexity index is 584. The second-order valence-corrected chi connectivity index (χ2v) is 7.62. The maximum Gasteiger partial charge on any atom is 0.275 e. The molecule has 0 spiro atoms. The zero-order valence-corrected chi connectivity index (χ0v) is 15.8. The second kappa shape index (κ2) is 8.08. The normalized spacial score (nSPS) is 15.5. The fourth-order valence-electron chi connectivity index (χ4n) is 2.68. The number of quaternary nitrogens is 1. The standard InChI is InChI=1S/C18H27ClN2O3/c1-5-21(12-16(22)20-18(2,3)4)11-13-9-14(19)17-15(10-13)23-7-6-8-24-17/h9-10H,5-8,11-12H2,1-4H3,(H,20,22)/p+1. The molecule has 1 aliphatic rings. The summed E-state index contributed by atoms with van der Waals surface area (Å²) in [6, 6.07) is 3.89. The molecule has 0 saturated carbocycles. The van der Waals surface area contributed by atoms with E-state index in [-0.39, 0.29) is 11.4 Å². The average molecular weight is 356 g/mol. The minimum Gasteiger partial charge on any atom is -0.489 e. The van der Waals surface area contributed by atoms with Gasteiger partial charge in [0.25, 0.3) is 5.91 Å². The van der Waals surface area contributed by atoms with Crippen LogP contribution in [0.3, 0.4) is 0 Å². The van der Waals surface area contributed by atoms with Gasteiger partial charge in [0.2, 0.25) is 0 Å². The average Bonchev–Trinajstić information content (AvgIpc) is 2.70. The lowest BCUT2D eigenvalue weighted by molar-refractivity contribution is -0.904. The molecule has 0 saturated heterocycles. The third kappa shape index (κ3) is 5.56. The first-order chi connectivity index (χ1) is 11.3. The molecule has 1 heterocycles. The zero-order chi connectivity index (χ0) is 17.7. The van der Waals surface area contributed by atoms with Crippen molar-refractivity contribution in [3.8, 4) is 11.5 Å². The van der Waals surface area contributed by atoms with Gasteiger partial charge in [-0.05, 0) is 39.8 Å². The Morgan fingerprint density at radius 3 is 2.67 bits per heavy atom. The van der Waals surface area contributed by atoms with Crippen molar-refractivity contribution in [2.75, 3.05) is 26.3 Å². The van der Waals surface area contributed by atoms with Crippen LogP contribution in [0.5, 0.6) is 11.5 Å². The number of likely N-dealkylation sites (N-methyl/N-ethyl adjacent to an activating group) is 1. The largest absolute Gasteiger partial charge is 0.489 e.